The van der Waals surface area contributed by atoms with Crippen molar-refractivity contribution < 1.29 is 4.42 Å². The molecule has 3 heterocycles. The van der Waals surface area contributed by atoms with Crippen LogP contribution in [0.4, 0.5) is 17.1 Å². The molecule has 0 bridgehead atoms. The van der Waals surface area contributed by atoms with Crippen LogP contribution in [0, 0.1) is 0 Å². The van der Waals surface area contributed by atoms with Crippen LogP contribution >= 0.6 is 0 Å². The minimum atomic E-state index is 0.839. The van der Waals surface area contributed by atoms with Gasteiger partial charge in [-0.3, -0.25) is 4.98 Å². The summed E-state index contributed by atoms with van der Waals surface area (Å²) in [5.74, 6) is 0. The summed E-state index contributed by atoms with van der Waals surface area (Å²) in [4.78, 5) is 6.65. The minimum Gasteiger partial charge on any atom is -0.456 e. The van der Waals surface area contributed by atoms with Crippen molar-refractivity contribution in [1.82, 2.24) is 9.55 Å². The minimum absolute atomic E-state index is 0.839. The maximum Gasteiger partial charge on any atom is 0.138 e. The predicted molar refractivity (Wildman–Crippen MR) is 203 cm³/mol. The first kappa shape index (κ1) is 27.5. The molecule has 10 aromatic rings. The van der Waals surface area contributed by atoms with Crippen molar-refractivity contribution >= 4 is 71.6 Å². The van der Waals surface area contributed by atoms with Crippen LogP contribution in [0.1, 0.15) is 0 Å². The second-order valence-electron chi connectivity index (χ2n) is 12.4. The number of hydrogen-bond donors (Lipinski definition) is 0. The highest BCUT2D eigenvalue weighted by atomic mass is 16.3. The topological polar surface area (TPSA) is 34.2 Å². The van der Waals surface area contributed by atoms with Crippen LogP contribution in [0.2, 0.25) is 0 Å². The Morgan fingerprint density at radius 1 is 0.469 bits per heavy atom. The Bertz CT molecular complexity index is 2780. The van der Waals surface area contributed by atoms with Gasteiger partial charge in [-0.15, -0.1) is 0 Å². The molecule has 0 aliphatic carbocycles. The first-order chi connectivity index (χ1) is 24.3. The fraction of sp³-hybridized carbons (Fsp3) is 0. The molecule has 0 aliphatic rings. The van der Waals surface area contributed by atoms with Crippen LogP contribution in [0.5, 0.6) is 0 Å². The van der Waals surface area contributed by atoms with E-state index in [-0.39, 0.29) is 0 Å². The van der Waals surface area contributed by atoms with Gasteiger partial charge in [-0.25, -0.2) is 0 Å². The van der Waals surface area contributed by atoms with Gasteiger partial charge < -0.3 is 13.9 Å². The maximum absolute atomic E-state index is 6.29. The van der Waals surface area contributed by atoms with Crippen molar-refractivity contribution in [2.24, 2.45) is 0 Å². The van der Waals surface area contributed by atoms with Crippen LogP contribution < -0.4 is 4.90 Å². The van der Waals surface area contributed by atoms with E-state index in [9.17, 15) is 0 Å². The summed E-state index contributed by atoms with van der Waals surface area (Å²) in [6.45, 7) is 0. The molecule has 0 saturated heterocycles. The monoisotopic (exact) mass is 627 g/mol. The number of benzene rings is 7. The summed E-state index contributed by atoms with van der Waals surface area (Å²) >= 11 is 0. The highest BCUT2D eigenvalue weighted by Crippen LogP contribution is 2.43. The first-order valence-corrected chi connectivity index (χ1v) is 16.5. The number of rotatable bonds is 5. The number of para-hydroxylation sites is 3. The van der Waals surface area contributed by atoms with E-state index in [1.165, 1.54) is 43.7 Å². The van der Waals surface area contributed by atoms with Crippen molar-refractivity contribution in [1.29, 1.82) is 0 Å². The van der Waals surface area contributed by atoms with Crippen LogP contribution in [-0.4, -0.2) is 9.55 Å². The summed E-state index contributed by atoms with van der Waals surface area (Å²) in [6, 6.07) is 58.4. The summed E-state index contributed by atoms with van der Waals surface area (Å²) in [5, 5.41) is 6.98. The molecule has 0 aliphatic heterocycles. The number of pyridine rings is 1. The van der Waals surface area contributed by atoms with Crippen molar-refractivity contribution in [2.45, 2.75) is 0 Å². The predicted octanol–water partition coefficient (Wildman–Crippen LogP) is 12.4. The van der Waals surface area contributed by atoms with E-state index < -0.39 is 0 Å². The van der Waals surface area contributed by atoms with Gasteiger partial charge >= 0.3 is 0 Å². The van der Waals surface area contributed by atoms with Crippen molar-refractivity contribution in [2.75, 3.05) is 4.90 Å². The molecule has 4 nitrogen and oxygen atoms in total. The summed E-state index contributed by atoms with van der Waals surface area (Å²) in [6.07, 6.45) is 3.64. The Morgan fingerprint density at radius 2 is 1.14 bits per heavy atom. The van der Waals surface area contributed by atoms with Gasteiger partial charge in [0, 0.05) is 62.5 Å². The molecule has 0 N–H and O–H groups in total. The quantitative estimate of drug-likeness (QED) is 0.190. The SMILES string of the molecule is c1ccc(N(c2ccc3c(c2)oc2ccncc23)c2ccc(-c3ccc(-n4c5ccccc5c5ccccc54)cc3)c3ccccc23)cc1. The van der Waals surface area contributed by atoms with Crippen LogP contribution in [0.3, 0.4) is 0 Å². The molecule has 4 heteroatoms. The molecule has 0 atom stereocenters. The smallest absolute Gasteiger partial charge is 0.138 e. The zero-order valence-electron chi connectivity index (χ0n) is 26.5. The Morgan fingerprint density at radius 3 is 1.90 bits per heavy atom. The summed E-state index contributed by atoms with van der Waals surface area (Å²) < 4.78 is 8.66. The standard InChI is InChI=1S/C45H29N3O/c1-2-10-31(11-3-1)47(33-22-23-39-40-29-46-27-26-44(40)49-45(39)28-33)43-25-24-34(35-12-4-5-13-36(35)43)30-18-20-32(21-19-30)48-41-16-8-6-14-37(41)38-15-7-9-17-42(38)48/h1-29H. The van der Waals surface area contributed by atoms with Gasteiger partial charge in [-0.05, 0) is 77.2 Å². The van der Waals surface area contributed by atoms with Crippen LogP contribution in [-0.2, 0) is 0 Å². The highest BCUT2D eigenvalue weighted by molar-refractivity contribution is 6.10. The number of anilines is 3. The van der Waals surface area contributed by atoms with E-state index in [0.717, 1.165) is 44.7 Å². The maximum atomic E-state index is 6.29. The molecule has 0 saturated carbocycles. The molecule has 3 aromatic heterocycles. The van der Waals surface area contributed by atoms with Crippen molar-refractivity contribution in [3.63, 3.8) is 0 Å². The van der Waals surface area contributed by atoms with Crippen LogP contribution in [0.15, 0.2) is 181 Å². The normalized spacial score (nSPS) is 11.7. The lowest BCUT2D eigenvalue weighted by Crippen LogP contribution is -2.10. The molecule has 0 unspecified atom stereocenters. The lowest BCUT2D eigenvalue weighted by molar-refractivity contribution is 0.668. The molecule has 49 heavy (non-hydrogen) atoms. The molecule has 0 spiro atoms. The molecule has 0 amide bonds. The summed E-state index contributed by atoms with van der Waals surface area (Å²) in [5.41, 5.74) is 10.8. The van der Waals surface area contributed by atoms with E-state index in [0.29, 0.717) is 0 Å². The van der Waals surface area contributed by atoms with E-state index in [4.69, 9.17) is 4.42 Å². The van der Waals surface area contributed by atoms with Gasteiger partial charge in [-0.1, -0.05) is 97.1 Å². The van der Waals surface area contributed by atoms with E-state index in [1.807, 2.05) is 12.3 Å². The second-order valence-corrected chi connectivity index (χ2v) is 12.4. The molecule has 7 aromatic carbocycles. The number of fused-ring (bicyclic) bond motifs is 7. The molecule has 0 fully saturated rings. The van der Waals surface area contributed by atoms with Gasteiger partial charge in [0.2, 0.25) is 0 Å². The molecule has 230 valence electrons. The lowest BCUT2D eigenvalue weighted by atomic mass is 9.96. The largest absolute Gasteiger partial charge is 0.456 e. The zero-order valence-corrected chi connectivity index (χ0v) is 26.5. The highest BCUT2D eigenvalue weighted by Gasteiger charge is 2.19. The van der Waals surface area contributed by atoms with Gasteiger partial charge in [0.15, 0.2) is 0 Å². The number of nitrogens with zero attached hydrogens (tertiary/aromatic N) is 3. The van der Waals surface area contributed by atoms with Gasteiger partial charge in [0.25, 0.3) is 0 Å². The first-order valence-electron chi connectivity index (χ1n) is 16.5. The molecular weight excluding hydrogens is 599 g/mol. The molecular formula is C45H29N3O. The molecule has 0 radical (unpaired) electrons. The average Bonchev–Trinajstić information content (AvgIpc) is 3.71. The van der Waals surface area contributed by atoms with Crippen molar-refractivity contribution in [3.05, 3.63) is 176 Å². The van der Waals surface area contributed by atoms with E-state index >= 15 is 0 Å². The third-order valence-electron chi connectivity index (χ3n) is 9.69. The lowest BCUT2D eigenvalue weighted by Gasteiger charge is -2.27. The Hall–Kier alpha value is -6.65. The Kier molecular flexibility index (Phi) is 6.15. The average molecular weight is 628 g/mol. The fourth-order valence-electron chi connectivity index (χ4n) is 7.47. The van der Waals surface area contributed by atoms with Gasteiger partial charge in [0.1, 0.15) is 11.2 Å². The fourth-order valence-corrected chi connectivity index (χ4v) is 7.47. The third kappa shape index (κ3) is 4.35. The number of furan rings is 1. The number of aromatic nitrogens is 2. The van der Waals surface area contributed by atoms with Crippen molar-refractivity contribution in [3.8, 4) is 16.8 Å². The summed E-state index contributed by atoms with van der Waals surface area (Å²) in [7, 11) is 0. The van der Waals surface area contributed by atoms with E-state index in [2.05, 4.69) is 172 Å². The second kappa shape index (κ2) is 11.0. The zero-order chi connectivity index (χ0) is 32.3. The number of hydrogen-bond acceptors (Lipinski definition) is 3. The molecule has 10 rings (SSSR count). The van der Waals surface area contributed by atoms with Gasteiger partial charge in [0.05, 0.1) is 16.7 Å². The van der Waals surface area contributed by atoms with Gasteiger partial charge in [-0.2, -0.15) is 0 Å². The van der Waals surface area contributed by atoms with Crippen LogP contribution in [0.25, 0.3) is 71.3 Å². The Labute approximate surface area is 282 Å². The third-order valence-corrected chi connectivity index (χ3v) is 9.69. The van der Waals surface area contributed by atoms with E-state index in [1.54, 1.807) is 6.20 Å². The Balaban J connectivity index is 1.11.